The molecular weight excluding hydrogens is 380 g/mol. The van der Waals surface area contributed by atoms with Crippen LogP contribution in [0.25, 0.3) is 0 Å². The van der Waals surface area contributed by atoms with Crippen molar-refractivity contribution < 1.29 is 14.3 Å². The fourth-order valence-corrected chi connectivity index (χ4v) is 3.69. The Hall–Kier alpha value is -3.06. The highest BCUT2D eigenvalue weighted by Crippen LogP contribution is 2.29. The number of likely N-dealkylation sites (tertiary alicyclic amines) is 1. The second-order valence-corrected chi connectivity index (χ2v) is 7.83. The molecule has 3 rings (SSSR count). The normalized spacial score (nSPS) is 14.9. The van der Waals surface area contributed by atoms with Crippen LogP contribution in [0.1, 0.15) is 41.3 Å². The summed E-state index contributed by atoms with van der Waals surface area (Å²) in [5.74, 6) is -0.0782. The van der Waals surface area contributed by atoms with Gasteiger partial charge in [0.2, 0.25) is 5.91 Å². The minimum atomic E-state index is -0.238. The number of carbonyl (C=O) groups excluding carboxylic acids is 2. The maximum atomic E-state index is 12.8. The Balaban J connectivity index is 1.58. The lowest BCUT2D eigenvalue weighted by molar-refractivity contribution is -0.114. The molecule has 7 nitrogen and oxygen atoms in total. The summed E-state index contributed by atoms with van der Waals surface area (Å²) in [6, 6.07) is 11.8. The molecule has 0 aliphatic carbocycles. The summed E-state index contributed by atoms with van der Waals surface area (Å²) in [6.45, 7) is 6.28. The molecule has 30 heavy (non-hydrogen) atoms. The predicted molar refractivity (Wildman–Crippen MR) is 119 cm³/mol. The SMILES string of the molecule is COc1cc(NC(C)=O)c(N)cc1C(=O)NC1CCN(Cc2ccc(C)cc2)CC1. The van der Waals surface area contributed by atoms with E-state index < -0.39 is 0 Å². The first-order valence-electron chi connectivity index (χ1n) is 10.2. The van der Waals surface area contributed by atoms with E-state index in [2.05, 4.69) is 46.7 Å². The van der Waals surface area contributed by atoms with Crippen LogP contribution in [-0.2, 0) is 11.3 Å². The van der Waals surface area contributed by atoms with E-state index in [9.17, 15) is 9.59 Å². The van der Waals surface area contributed by atoms with Gasteiger partial charge in [-0.25, -0.2) is 0 Å². The maximum absolute atomic E-state index is 12.8. The number of anilines is 2. The monoisotopic (exact) mass is 410 g/mol. The van der Waals surface area contributed by atoms with Crippen LogP contribution in [0.2, 0.25) is 0 Å². The van der Waals surface area contributed by atoms with Crippen LogP contribution in [0.3, 0.4) is 0 Å². The van der Waals surface area contributed by atoms with Gasteiger partial charge in [-0.15, -0.1) is 0 Å². The fraction of sp³-hybridized carbons (Fsp3) is 0.391. The Morgan fingerprint density at radius 2 is 1.83 bits per heavy atom. The number of benzene rings is 2. The maximum Gasteiger partial charge on any atom is 0.255 e. The molecule has 1 aliphatic heterocycles. The highest BCUT2D eigenvalue weighted by Gasteiger charge is 2.23. The number of methoxy groups -OCH3 is 1. The van der Waals surface area contributed by atoms with E-state index in [-0.39, 0.29) is 17.9 Å². The smallest absolute Gasteiger partial charge is 0.255 e. The molecule has 0 aromatic heterocycles. The molecule has 0 radical (unpaired) electrons. The summed E-state index contributed by atoms with van der Waals surface area (Å²) in [6.07, 6.45) is 1.78. The van der Waals surface area contributed by atoms with Crippen molar-refractivity contribution in [1.82, 2.24) is 10.2 Å². The number of nitrogens with zero attached hydrogens (tertiary/aromatic N) is 1. The molecule has 1 heterocycles. The third-order valence-electron chi connectivity index (χ3n) is 5.38. The third-order valence-corrected chi connectivity index (χ3v) is 5.38. The van der Waals surface area contributed by atoms with Crippen LogP contribution in [0.5, 0.6) is 5.75 Å². The number of hydrogen-bond acceptors (Lipinski definition) is 5. The van der Waals surface area contributed by atoms with E-state index in [1.807, 2.05) is 0 Å². The van der Waals surface area contributed by atoms with E-state index in [0.717, 1.165) is 32.5 Å². The molecule has 0 saturated carbocycles. The molecule has 2 aromatic rings. The number of aryl methyl sites for hydroxylation is 1. The number of nitrogens with one attached hydrogen (secondary N) is 2. The van der Waals surface area contributed by atoms with Gasteiger partial charge in [-0.2, -0.15) is 0 Å². The van der Waals surface area contributed by atoms with E-state index in [0.29, 0.717) is 22.7 Å². The van der Waals surface area contributed by atoms with Crippen LogP contribution in [0, 0.1) is 6.92 Å². The predicted octanol–water partition coefficient (Wildman–Crippen LogP) is 2.94. The molecule has 1 aliphatic rings. The molecule has 0 spiro atoms. The molecule has 160 valence electrons. The van der Waals surface area contributed by atoms with Gasteiger partial charge < -0.3 is 21.1 Å². The molecule has 1 fully saturated rings. The summed E-state index contributed by atoms with van der Waals surface area (Å²) >= 11 is 0. The highest BCUT2D eigenvalue weighted by atomic mass is 16.5. The quantitative estimate of drug-likeness (QED) is 0.636. The second kappa shape index (κ2) is 9.63. The fourth-order valence-electron chi connectivity index (χ4n) is 3.69. The number of amides is 2. The minimum absolute atomic E-state index is 0.104. The number of piperidine rings is 1. The Morgan fingerprint density at radius 1 is 1.17 bits per heavy atom. The first-order valence-corrected chi connectivity index (χ1v) is 10.2. The van der Waals surface area contributed by atoms with E-state index in [4.69, 9.17) is 10.5 Å². The topological polar surface area (TPSA) is 96.7 Å². The highest BCUT2D eigenvalue weighted by molar-refractivity contribution is 6.01. The summed E-state index contributed by atoms with van der Waals surface area (Å²) in [4.78, 5) is 26.6. The zero-order valence-corrected chi connectivity index (χ0v) is 17.8. The van der Waals surface area contributed by atoms with Crippen LogP contribution in [-0.4, -0.2) is 43.0 Å². The van der Waals surface area contributed by atoms with Gasteiger partial charge in [0, 0.05) is 38.7 Å². The van der Waals surface area contributed by atoms with Crippen molar-refractivity contribution in [3.63, 3.8) is 0 Å². The van der Waals surface area contributed by atoms with Gasteiger partial charge in [-0.1, -0.05) is 29.8 Å². The number of nitrogen functional groups attached to an aromatic ring is 1. The molecule has 2 amide bonds. The Morgan fingerprint density at radius 3 is 2.43 bits per heavy atom. The number of hydrogen-bond donors (Lipinski definition) is 3. The standard InChI is InChI=1S/C23H30N4O3/c1-15-4-6-17(7-5-15)14-27-10-8-18(9-11-27)26-23(29)19-12-20(24)21(25-16(2)28)13-22(19)30-3/h4-7,12-13,18H,8-11,14,24H2,1-3H3,(H,25,28)(H,26,29). The lowest BCUT2D eigenvalue weighted by atomic mass is 10.0. The Kier molecular flexibility index (Phi) is 6.95. The lowest BCUT2D eigenvalue weighted by Gasteiger charge is -2.32. The molecule has 0 unspecified atom stereocenters. The average molecular weight is 411 g/mol. The number of rotatable bonds is 6. The first kappa shape index (κ1) is 21.6. The summed E-state index contributed by atoms with van der Waals surface area (Å²) in [5, 5.41) is 5.74. The number of ether oxygens (including phenoxy) is 1. The molecule has 0 bridgehead atoms. The zero-order chi connectivity index (χ0) is 21.7. The van der Waals surface area contributed by atoms with Gasteiger partial charge in [-0.3, -0.25) is 14.5 Å². The van der Waals surface area contributed by atoms with Crippen LogP contribution in [0.15, 0.2) is 36.4 Å². The molecule has 1 saturated heterocycles. The van der Waals surface area contributed by atoms with Crippen molar-refractivity contribution in [2.45, 2.75) is 39.3 Å². The first-order chi connectivity index (χ1) is 14.4. The van der Waals surface area contributed by atoms with Gasteiger partial charge in [0.1, 0.15) is 5.75 Å². The van der Waals surface area contributed by atoms with Crippen molar-refractivity contribution >= 4 is 23.2 Å². The van der Waals surface area contributed by atoms with Crippen molar-refractivity contribution in [2.24, 2.45) is 0 Å². The summed E-state index contributed by atoms with van der Waals surface area (Å²) in [5.41, 5.74) is 9.70. The zero-order valence-electron chi connectivity index (χ0n) is 17.8. The Bertz CT molecular complexity index is 903. The van der Waals surface area contributed by atoms with Gasteiger partial charge in [0.15, 0.2) is 0 Å². The van der Waals surface area contributed by atoms with E-state index in [1.54, 1.807) is 12.1 Å². The van der Waals surface area contributed by atoms with Crippen LogP contribution >= 0.6 is 0 Å². The molecule has 7 heteroatoms. The third kappa shape index (κ3) is 5.51. The average Bonchev–Trinajstić information content (AvgIpc) is 2.72. The second-order valence-electron chi connectivity index (χ2n) is 7.83. The van der Waals surface area contributed by atoms with Crippen LogP contribution in [0.4, 0.5) is 11.4 Å². The van der Waals surface area contributed by atoms with Gasteiger partial charge in [-0.05, 0) is 31.4 Å². The molecule has 4 N–H and O–H groups in total. The van der Waals surface area contributed by atoms with Crippen molar-refractivity contribution in [1.29, 1.82) is 0 Å². The van der Waals surface area contributed by atoms with Gasteiger partial charge in [0.05, 0.1) is 24.0 Å². The molecular formula is C23H30N4O3. The number of carbonyl (C=O) groups is 2. The summed E-state index contributed by atoms with van der Waals surface area (Å²) < 4.78 is 5.35. The van der Waals surface area contributed by atoms with Crippen molar-refractivity contribution in [3.05, 3.63) is 53.1 Å². The van der Waals surface area contributed by atoms with Crippen LogP contribution < -0.4 is 21.1 Å². The number of nitrogens with two attached hydrogens (primary N) is 1. The largest absolute Gasteiger partial charge is 0.496 e. The molecule has 0 atom stereocenters. The minimum Gasteiger partial charge on any atom is -0.496 e. The van der Waals surface area contributed by atoms with E-state index in [1.165, 1.54) is 25.2 Å². The van der Waals surface area contributed by atoms with E-state index >= 15 is 0 Å². The lowest BCUT2D eigenvalue weighted by Crippen LogP contribution is -2.44. The van der Waals surface area contributed by atoms with Crippen molar-refractivity contribution in [2.75, 3.05) is 31.2 Å². The molecule has 2 aromatic carbocycles. The van der Waals surface area contributed by atoms with Gasteiger partial charge in [0.25, 0.3) is 5.91 Å². The Labute approximate surface area is 177 Å². The van der Waals surface area contributed by atoms with Crippen molar-refractivity contribution in [3.8, 4) is 5.75 Å². The summed E-state index contributed by atoms with van der Waals surface area (Å²) in [7, 11) is 1.49. The van der Waals surface area contributed by atoms with Gasteiger partial charge >= 0.3 is 0 Å².